The monoisotopic (exact) mass is 338 g/mol. The number of nitrogens with zero attached hydrogens (tertiary/aromatic N) is 3. The molecular weight excluding hydrogens is 308 g/mol. The van der Waals surface area contributed by atoms with Crippen LogP contribution in [0.5, 0.6) is 0 Å². The molecular formula is C21H30N4. The molecule has 0 radical (unpaired) electrons. The van der Waals surface area contributed by atoms with Crippen molar-refractivity contribution in [2.24, 2.45) is 0 Å². The topological polar surface area (TPSA) is 31.4 Å². The van der Waals surface area contributed by atoms with Gasteiger partial charge >= 0.3 is 0 Å². The van der Waals surface area contributed by atoms with Gasteiger partial charge < -0.3 is 5.32 Å². The number of hydrogen-bond donors (Lipinski definition) is 1. The van der Waals surface area contributed by atoms with Crippen LogP contribution in [0.1, 0.15) is 36.6 Å². The molecule has 134 valence electrons. The lowest BCUT2D eigenvalue weighted by molar-refractivity contribution is 0.0849. The van der Waals surface area contributed by atoms with E-state index < -0.39 is 0 Å². The molecule has 1 aromatic heterocycles. The number of aryl methyl sites for hydroxylation is 1. The zero-order valence-corrected chi connectivity index (χ0v) is 15.4. The summed E-state index contributed by atoms with van der Waals surface area (Å²) in [6.45, 7) is 10.5. The van der Waals surface area contributed by atoms with Gasteiger partial charge in [-0.3, -0.25) is 15.0 Å². The maximum absolute atomic E-state index is 4.60. The predicted molar refractivity (Wildman–Crippen MR) is 106 cm³/mol. The molecule has 0 saturated carbocycles. The van der Waals surface area contributed by atoms with Gasteiger partial charge in [0.15, 0.2) is 0 Å². The van der Waals surface area contributed by atoms with Gasteiger partial charge in [-0.2, -0.15) is 0 Å². The summed E-state index contributed by atoms with van der Waals surface area (Å²) < 4.78 is 0. The lowest BCUT2D eigenvalue weighted by atomic mass is 9.94. The summed E-state index contributed by atoms with van der Waals surface area (Å²) in [5.41, 5.74) is 2.44. The van der Waals surface area contributed by atoms with Crippen molar-refractivity contribution in [3.8, 4) is 0 Å². The lowest BCUT2D eigenvalue weighted by Gasteiger charge is -2.37. The number of hydrogen-bond acceptors (Lipinski definition) is 4. The van der Waals surface area contributed by atoms with Gasteiger partial charge in [-0.15, -0.1) is 0 Å². The van der Waals surface area contributed by atoms with Gasteiger partial charge in [-0.05, 0) is 50.0 Å². The number of allylic oxidation sites excluding steroid dienone is 4. The highest BCUT2D eigenvalue weighted by atomic mass is 15.6. The molecule has 2 atom stereocenters. The summed E-state index contributed by atoms with van der Waals surface area (Å²) in [7, 11) is 2.04. The third-order valence-corrected chi connectivity index (χ3v) is 4.51. The molecule has 4 nitrogen and oxygen atoms in total. The number of hydrazine groups is 1. The molecule has 0 aliphatic carbocycles. The summed E-state index contributed by atoms with van der Waals surface area (Å²) in [6, 6.07) is 4.89. The Morgan fingerprint density at radius 3 is 2.72 bits per heavy atom. The van der Waals surface area contributed by atoms with E-state index in [1.165, 1.54) is 24.1 Å². The molecule has 0 amide bonds. The largest absolute Gasteiger partial charge is 0.304 e. The lowest BCUT2D eigenvalue weighted by Crippen LogP contribution is -2.47. The van der Waals surface area contributed by atoms with E-state index in [1.807, 2.05) is 37.7 Å². The van der Waals surface area contributed by atoms with Gasteiger partial charge in [0.1, 0.15) is 0 Å². The Balaban J connectivity index is 2.06. The zero-order valence-electron chi connectivity index (χ0n) is 15.4. The third-order valence-electron chi connectivity index (χ3n) is 4.51. The highest BCUT2D eigenvalue weighted by molar-refractivity contribution is 5.21. The second-order valence-electron chi connectivity index (χ2n) is 6.40. The summed E-state index contributed by atoms with van der Waals surface area (Å²) in [6.07, 6.45) is 16.9. The SMILES string of the molecule is C=C/C=C\N(C)N(/C=C\C=C)C[C@H]1CCC[C@@H](c2ncccc2C)N1. The van der Waals surface area contributed by atoms with Crippen LogP contribution in [0.2, 0.25) is 0 Å². The fraction of sp³-hybridized carbons (Fsp3) is 0.381. The molecule has 0 bridgehead atoms. The first kappa shape index (κ1) is 19.0. The molecule has 2 heterocycles. The molecule has 25 heavy (non-hydrogen) atoms. The van der Waals surface area contributed by atoms with Crippen molar-refractivity contribution in [2.75, 3.05) is 13.6 Å². The Hall–Kier alpha value is -2.33. The molecule has 0 spiro atoms. The first-order chi connectivity index (χ1) is 12.2. The van der Waals surface area contributed by atoms with E-state index in [2.05, 4.69) is 52.7 Å². The van der Waals surface area contributed by atoms with Crippen molar-refractivity contribution in [3.63, 3.8) is 0 Å². The first-order valence-electron chi connectivity index (χ1n) is 8.91. The number of pyridine rings is 1. The van der Waals surface area contributed by atoms with Crippen molar-refractivity contribution in [1.82, 2.24) is 20.3 Å². The van der Waals surface area contributed by atoms with E-state index in [4.69, 9.17) is 0 Å². The van der Waals surface area contributed by atoms with E-state index in [-0.39, 0.29) is 0 Å². The Morgan fingerprint density at radius 1 is 1.24 bits per heavy atom. The molecule has 1 aliphatic heterocycles. The smallest absolute Gasteiger partial charge is 0.0602 e. The molecule has 0 aromatic carbocycles. The van der Waals surface area contributed by atoms with Crippen molar-refractivity contribution in [3.05, 3.63) is 79.4 Å². The van der Waals surface area contributed by atoms with Crippen molar-refractivity contribution < 1.29 is 0 Å². The number of nitrogens with one attached hydrogen (secondary N) is 1. The highest BCUT2D eigenvalue weighted by Gasteiger charge is 2.25. The Kier molecular flexibility index (Phi) is 7.48. The van der Waals surface area contributed by atoms with Gasteiger partial charge in [0, 0.05) is 31.7 Å². The van der Waals surface area contributed by atoms with Crippen LogP contribution in [-0.2, 0) is 0 Å². The summed E-state index contributed by atoms with van der Waals surface area (Å²) in [5.74, 6) is 0. The van der Waals surface area contributed by atoms with Crippen molar-refractivity contribution >= 4 is 0 Å². The Morgan fingerprint density at radius 2 is 2.00 bits per heavy atom. The van der Waals surface area contributed by atoms with Crippen molar-refractivity contribution in [1.29, 1.82) is 0 Å². The fourth-order valence-electron chi connectivity index (χ4n) is 3.19. The van der Waals surface area contributed by atoms with E-state index >= 15 is 0 Å². The molecule has 1 saturated heterocycles. The van der Waals surface area contributed by atoms with Crippen LogP contribution in [-0.4, -0.2) is 34.6 Å². The molecule has 1 aromatic rings. The molecule has 1 N–H and O–H groups in total. The van der Waals surface area contributed by atoms with E-state index in [0.717, 1.165) is 13.0 Å². The molecule has 4 heteroatoms. The quantitative estimate of drug-likeness (QED) is 0.571. The summed E-state index contributed by atoms with van der Waals surface area (Å²) in [4.78, 5) is 4.60. The van der Waals surface area contributed by atoms with Crippen LogP contribution >= 0.6 is 0 Å². The normalized spacial score (nSPS) is 20.7. The van der Waals surface area contributed by atoms with E-state index in [9.17, 15) is 0 Å². The predicted octanol–water partition coefficient (Wildman–Crippen LogP) is 4.12. The highest BCUT2D eigenvalue weighted by Crippen LogP contribution is 2.26. The first-order valence-corrected chi connectivity index (χ1v) is 8.91. The standard InChI is InChI=1S/C21H30N4/c1-5-7-15-24(4)25(16-8-6-2)17-19-12-9-13-20(23-19)21-18(3)11-10-14-22-21/h5-8,10-11,14-16,19-20,23H,1-2,9,12-13,17H2,3-4H3/b15-7-,16-8-/t19-,20+/m1/s1. The van der Waals surface area contributed by atoms with Crippen LogP contribution in [0.15, 0.2) is 68.2 Å². The fourth-order valence-corrected chi connectivity index (χ4v) is 3.19. The average molecular weight is 338 g/mol. The van der Waals surface area contributed by atoms with Crippen LogP contribution < -0.4 is 5.32 Å². The van der Waals surface area contributed by atoms with Gasteiger partial charge in [0.2, 0.25) is 0 Å². The van der Waals surface area contributed by atoms with Gasteiger partial charge in [-0.25, -0.2) is 0 Å². The van der Waals surface area contributed by atoms with Gasteiger partial charge in [-0.1, -0.05) is 31.4 Å². The molecule has 0 unspecified atom stereocenters. The zero-order chi connectivity index (χ0) is 18.1. The average Bonchev–Trinajstić information content (AvgIpc) is 2.63. The summed E-state index contributed by atoms with van der Waals surface area (Å²) >= 11 is 0. The minimum atomic E-state index is 0.333. The van der Waals surface area contributed by atoms with E-state index in [1.54, 1.807) is 12.2 Å². The Labute approximate surface area is 152 Å². The molecule has 1 fully saturated rings. The molecule has 1 aliphatic rings. The van der Waals surface area contributed by atoms with Crippen LogP contribution in [0, 0.1) is 6.92 Å². The van der Waals surface area contributed by atoms with Gasteiger partial charge in [0.25, 0.3) is 0 Å². The minimum Gasteiger partial charge on any atom is -0.304 e. The van der Waals surface area contributed by atoms with Crippen LogP contribution in [0.4, 0.5) is 0 Å². The second-order valence-corrected chi connectivity index (χ2v) is 6.40. The third kappa shape index (κ3) is 5.61. The Bertz CT molecular complexity index is 620. The van der Waals surface area contributed by atoms with Crippen molar-refractivity contribution in [2.45, 2.75) is 38.3 Å². The van der Waals surface area contributed by atoms with Crippen LogP contribution in [0.3, 0.4) is 0 Å². The minimum absolute atomic E-state index is 0.333. The van der Waals surface area contributed by atoms with Crippen LogP contribution in [0.25, 0.3) is 0 Å². The van der Waals surface area contributed by atoms with E-state index in [0.29, 0.717) is 12.1 Å². The maximum atomic E-state index is 4.60. The second kappa shape index (κ2) is 9.84. The van der Waals surface area contributed by atoms with Gasteiger partial charge in [0.05, 0.1) is 18.3 Å². The number of aromatic nitrogens is 1. The molecule has 2 rings (SSSR count). The summed E-state index contributed by atoms with van der Waals surface area (Å²) in [5, 5.41) is 8.05. The number of piperidine rings is 1. The number of rotatable bonds is 8. The maximum Gasteiger partial charge on any atom is 0.0602 e.